The molecule has 184 valence electrons. The molecule has 0 bridgehead atoms. The number of aromatic nitrogens is 3. The molecule has 0 spiro atoms. The van der Waals surface area contributed by atoms with Crippen molar-refractivity contribution in [1.82, 2.24) is 14.3 Å². The van der Waals surface area contributed by atoms with Crippen LogP contribution in [0.2, 0.25) is 0 Å². The molecule has 0 saturated carbocycles. The molecule has 1 aliphatic rings. The SMILES string of the molecule is Cc1c(Nc2nsc3ncc(C=NC(C(=O)O)C(C)O)nc23)cccc1-c1ccc2c(c1)OCCO2. The number of aliphatic carboxylic acids is 1. The number of fused-ring (bicyclic) bond motifs is 2. The third-order valence-electron chi connectivity index (χ3n) is 5.72. The van der Waals surface area contributed by atoms with Gasteiger partial charge in [0, 0.05) is 11.9 Å². The average molecular weight is 506 g/mol. The van der Waals surface area contributed by atoms with Gasteiger partial charge in [0.25, 0.3) is 0 Å². The lowest BCUT2D eigenvalue weighted by Gasteiger charge is -2.19. The lowest BCUT2D eigenvalue weighted by Crippen LogP contribution is -2.30. The Hall–Kier alpha value is -4.09. The first-order chi connectivity index (χ1) is 17.4. The van der Waals surface area contributed by atoms with E-state index in [1.165, 1.54) is 30.9 Å². The number of carbonyl (C=O) groups is 1. The van der Waals surface area contributed by atoms with E-state index in [0.29, 0.717) is 35.1 Å². The van der Waals surface area contributed by atoms with Crippen LogP contribution in [0.1, 0.15) is 18.2 Å². The Morgan fingerprint density at radius 3 is 2.81 bits per heavy atom. The van der Waals surface area contributed by atoms with Crippen LogP contribution in [-0.2, 0) is 4.79 Å². The summed E-state index contributed by atoms with van der Waals surface area (Å²) >= 11 is 1.20. The van der Waals surface area contributed by atoms with E-state index < -0.39 is 18.1 Å². The zero-order valence-corrected chi connectivity index (χ0v) is 20.3. The van der Waals surface area contributed by atoms with Gasteiger partial charge in [-0.25, -0.2) is 14.8 Å². The molecule has 0 amide bonds. The number of aliphatic imine (C=N–C) groups is 1. The lowest BCUT2D eigenvalue weighted by atomic mass is 9.98. The van der Waals surface area contributed by atoms with Crippen LogP contribution < -0.4 is 14.8 Å². The maximum atomic E-state index is 11.3. The predicted octanol–water partition coefficient (Wildman–Crippen LogP) is 3.83. The van der Waals surface area contributed by atoms with Crippen molar-refractivity contribution in [1.29, 1.82) is 0 Å². The van der Waals surface area contributed by atoms with E-state index in [9.17, 15) is 15.0 Å². The van der Waals surface area contributed by atoms with Crippen molar-refractivity contribution in [3.63, 3.8) is 0 Å². The number of ether oxygens (including phenoxy) is 2. The molecule has 1 aliphatic heterocycles. The van der Waals surface area contributed by atoms with E-state index in [-0.39, 0.29) is 0 Å². The number of carboxylic acid groups (broad SMARTS) is 1. The summed E-state index contributed by atoms with van der Waals surface area (Å²) in [5.74, 6) is 0.785. The first kappa shape index (κ1) is 23.6. The molecular formula is C25H23N5O5S. The van der Waals surface area contributed by atoms with Crippen molar-refractivity contribution in [3.05, 3.63) is 53.9 Å². The van der Waals surface area contributed by atoms with Crippen LogP contribution in [0.25, 0.3) is 21.5 Å². The summed E-state index contributed by atoms with van der Waals surface area (Å²) in [5, 5.41) is 22.2. The topological polar surface area (TPSA) is 139 Å². The van der Waals surface area contributed by atoms with Crippen molar-refractivity contribution in [2.45, 2.75) is 26.0 Å². The van der Waals surface area contributed by atoms with Crippen molar-refractivity contribution in [2.75, 3.05) is 18.5 Å². The molecule has 11 heteroatoms. The molecule has 0 radical (unpaired) electrons. The highest BCUT2D eigenvalue weighted by molar-refractivity contribution is 7.13. The summed E-state index contributed by atoms with van der Waals surface area (Å²) in [6.45, 7) is 4.47. The van der Waals surface area contributed by atoms with Gasteiger partial charge in [-0.2, -0.15) is 4.37 Å². The van der Waals surface area contributed by atoms with E-state index in [0.717, 1.165) is 33.9 Å². The minimum absolute atomic E-state index is 0.361. The highest BCUT2D eigenvalue weighted by Gasteiger charge is 2.21. The molecule has 2 unspecified atom stereocenters. The van der Waals surface area contributed by atoms with Gasteiger partial charge in [-0.1, -0.05) is 18.2 Å². The van der Waals surface area contributed by atoms with Crippen molar-refractivity contribution < 1.29 is 24.5 Å². The van der Waals surface area contributed by atoms with E-state index in [1.807, 2.05) is 43.3 Å². The molecule has 2 atom stereocenters. The summed E-state index contributed by atoms with van der Waals surface area (Å²) in [6, 6.07) is 10.6. The molecule has 0 fully saturated rings. The first-order valence-electron chi connectivity index (χ1n) is 11.2. The molecule has 36 heavy (non-hydrogen) atoms. The molecule has 0 aliphatic carbocycles. The van der Waals surface area contributed by atoms with Gasteiger partial charge in [0.1, 0.15) is 24.4 Å². The highest BCUT2D eigenvalue weighted by atomic mass is 32.1. The molecule has 2 aromatic carbocycles. The van der Waals surface area contributed by atoms with Gasteiger partial charge in [-0.05, 0) is 60.3 Å². The number of carboxylic acids is 1. The molecule has 0 saturated heterocycles. The smallest absolute Gasteiger partial charge is 0.331 e. The second-order valence-corrected chi connectivity index (χ2v) is 9.00. The number of rotatable bonds is 7. The first-order valence-corrected chi connectivity index (χ1v) is 12.0. The van der Waals surface area contributed by atoms with Crippen molar-refractivity contribution >= 4 is 45.6 Å². The Labute approximate surface area is 210 Å². The molecule has 5 rings (SSSR count). The van der Waals surface area contributed by atoms with Crippen LogP contribution in [0.4, 0.5) is 11.5 Å². The Morgan fingerprint density at radius 2 is 2.03 bits per heavy atom. The van der Waals surface area contributed by atoms with Gasteiger partial charge < -0.3 is 25.0 Å². The van der Waals surface area contributed by atoms with Gasteiger partial charge in [0.15, 0.2) is 28.2 Å². The van der Waals surface area contributed by atoms with Crippen LogP contribution in [0, 0.1) is 6.92 Å². The van der Waals surface area contributed by atoms with Crippen LogP contribution in [0.5, 0.6) is 11.5 Å². The Morgan fingerprint density at radius 1 is 1.22 bits per heavy atom. The van der Waals surface area contributed by atoms with Crippen LogP contribution in [0.15, 0.2) is 47.6 Å². The van der Waals surface area contributed by atoms with Gasteiger partial charge in [0.2, 0.25) is 0 Å². The van der Waals surface area contributed by atoms with Gasteiger partial charge >= 0.3 is 5.97 Å². The minimum atomic E-state index is -1.29. The second kappa shape index (κ2) is 9.88. The molecular weight excluding hydrogens is 482 g/mol. The quantitative estimate of drug-likeness (QED) is 0.320. The van der Waals surface area contributed by atoms with E-state index in [1.54, 1.807) is 0 Å². The number of nitrogens with zero attached hydrogens (tertiary/aromatic N) is 4. The fourth-order valence-electron chi connectivity index (χ4n) is 3.86. The molecule has 3 heterocycles. The zero-order valence-electron chi connectivity index (χ0n) is 19.5. The van der Waals surface area contributed by atoms with Gasteiger partial charge in [-0.15, -0.1) is 0 Å². The van der Waals surface area contributed by atoms with Gasteiger partial charge in [0.05, 0.1) is 12.3 Å². The third-order valence-corrected chi connectivity index (χ3v) is 6.47. The van der Waals surface area contributed by atoms with Crippen LogP contribution in [0.3, 0.4) is 0 Å². The number of hydrogen-bond donors (Lipinski definition) is 3. The normalized spacial score (nSPS) is 14.6. The Kier molecular flexibility index (Phi) is 6.49. The summed E-state index contributed by atoms with van der Waals surface area (Å²) in [7, 11) is 0. The number of aliphatic hydroxyl groups excluding tert-OH is 1. The number of nitrogens with one attached hydrogen (secondary N) is 1. The molecule has 10 nitrogen and oxygen atoms in total. The summed E-state index contributed by atoms with van der Waals surface area (Å²) in [6.07, 6.45) is 1.65. The Bertz CT molecular complexity index is 1470. The van der Waals surface area contributed by atoms with Crippen LogP contribution in [-0.4, -0.2) is 62.1 Å². The van der Waals surface area contributed by atoms with Gasteiger partial charge in [-0.3, -0.25) is 4.99 Å². The lowest BCUT2D eigenvalue weighted by molar-refractivity contribution is -0.140. The Balaban J connectivity index is 1.44. The summed E-state index contributed by atoms with van der Waals surface area (Å²) in [4.78, 5) is 24.8. The second-order valence-electron chi connectivity index (χ2n) is 8.24. The van der Waals surface area contributed by atoms with E-state index in [4.69, 9.17) is 9.47 Å². The minimum Gasteiger partial charge on any atom is -0.486 e. The molecule has 2 aromatic heterocycles. The van der Waals surface area contributed by atoms with E-state index in [2.05, 4.69) is 24.7 Å². The van der Waals surface area contributed by atoms with Crippen molar-refractivity contribution in [3.8, 4) is 22.6 Å². The number of hydrogen-bond acceptors (Lipinski definition) is 10. The zero-order chi connectivity index (χ0) is 25.2. The standard InChI is InChI=1S/C25H23N5O5S/c1-13-17(15-6-7-19-20(10-15)35-9-8-34-19)4-3-5-18(13)29-23-22-24(36-30-23)27-12-16(28-22)11-26-21(14(2)31)25(32)33/h3-7,10-12,14,21,31H,8-9H2,1-2H3,(H,29,30)(H,32,33). The van der Waals surface area contributed by atoms with E-state index >= 15 is 0 Å². The summed E-state index contributed by atoms with van der Waals surface area (Å²) in [5.41, 5.74) is 4.82. The third kappa shape index (κ3) is 4.70. The fourth-order valence-corrected chi connectivity index (χ4v) is 4.50. The average Bonchev–Trinajstić information content (AvgIpc) is 3.26. The molecule has 3 N–H and O–H groups in total. The monoisotopic (exact) mass is 505 g/mol. The highest BCUT2D eigenvalue weighted by Crippen LogP contribution is 2.37. The summed E-state index contributed by atoms with van der Waals surface area (Å²) < 4.78 is 15.8. The predicted molar refractivity (Wildman–Crippen MR) is 137 cm³/mol. The maximum absolute atomic E-state index is 11.3. The van der Waals surface area contributed by atoms with Crippen LogP contribution >= 0.6 is 11.5 Å². The largest absolute Gasteiger partial charge is 0.486 e. The number of aliphatic hydroxyl groups is 1. The number of anilines is 2. The fraction of sp³-hybridized carbons (Fsp3) is 0.240. The van der Waals surface area contributed by atoms with Crippen molar-refractivity contribution in [2.24, 2.45) is 4.99 Å². The molecule has 4 aromatic rings. The maximum Gasteiger partial charge on any atom is 0.331 e. The number of benzene rings is 2.